The molecule has 0 aliphatic rings. The zero-order valence-corrected chi connectivity index (χ0v) is 13.4. The van der Waals surface area contributed by atoms with E-state index in [1.54, 1.807) is 6.07 Å². The van der Waals surface area contributed by atoms with E-state index in [9.17, 15) is 12.8 Å². The first kappa shape index (κ1) is 15.4. The highest BCUT2D eigenvalue weighted by Crippen LogP contribution is 2.27. The van der Waals surface area contributed by atoms with Crippen LogP contribution >= 0.6 is 27.3 Å². The van der Waals surface area contributed by atoms with Crippen LogP contribution in [0.4, 0.5) is 10.1 Å². The van der Waals surface area contributed by atoms with Gasteiger partial charge < -0.3 is 5.11 Å². The van der Waals surface area contributed by atoms with Gasteiger partial charge in [0.05, 0.1) is 5.69 Å². The topological polar surface area (TPSA) is 66.4 Å². The van der Waals surface area contributed by atoms with Gasteiger partial charge in [-0.15, -0.1) is 11.3 Å². The van der Waals surface area contributed by atoms with Crippen molar-refractivity contribution in [2.24, 2.45) is 0 Å². The number of aliphatic hydroxyl groups excluding tert-OH is 1. The molecule has 0 amide bonds. The second kappa shape index (κ2) is 6.21. The first-order valence-electron chi connectivity index (χ1n) is 5.60. The third-order valence-electron chi connectivity index (χ3n) is 2.43. The molecule has 2 N–H and O–H groups in total. The summed E-state index contributed by atoms with van der Waals surface area (Å²) in [5.41, 5.74) is -0.114. The molecule has 2 aromatic rings. The van der Waals surface area contributed by atoms with Crippen molar-refractivity contribution in [3.63, 3.8) is 0 Å². The van der Waals surface area contributed by atoms with Gasteiger partial charge in [-0.2, -0.15) is 0 Å². The maximum Gasteiger partial charge on any atom is 0.271 e. The van der Waals surface area contributed by atoms with E-state index in [2.05, 4.69) is 20.7 Å². The molecule has 0 spiro atoms. The molecule has 0 radical (unpaired) electrons. The molecule has 2 rings (SSSR count). The fourth-order valence-corrected chi connectivity index (χ4v) is 4.28. The Morgan fingerprint density at radius 1 is 1.30 bits per heavy atom. The van der Waals surface area contributed by atoms with E-state index in [-0.39, 0.29) is 16.5 Å². The number of hydrogen-bond donors (Lipinski definition) is 2. The van der Waals surface area contributed by atoms with E-state index in [0.29, 0.717) is 10.9 Å². The van der Waals surface area contributed by atoms with E-state index in [1.165, 1.54) is 24.3 Å². The summed E-state index contributed by atoms with van der Waals surface area (Å²) in [4.78, 5) is 0.752. The van der Waals surface area contributed by atoms with Crippen LogP contribution in [0.5, 0.6) is 0 Å². The van der Waals surface area contributed by atoms with Gasteiger partial charge in [-0.1, -0.05) is 15.9 Å². The second-order valence-electron chi connectivity index (χ2n) is 3.92. The van der Waals surface area contributed by atoms with Gasteiger partial charge in [-0.25, -0.2) is 12.8 Å². The Hall–Kier alpha value is -0.960. The highest BCUT2D eigenvalue weighted by Gasteiger charge is 2.18. The predicted octanol–water partition coefficient (Wildman–Crippen LogP) is 2.99. The monoisotopic (exact) mass is 379 g/mol. The maximum atomic E-state index is 13.6. The van der Waals surface area contributed by atoms with Gasteiger partial charge >= 0.3 is 0 Å². The number of nitrogens with one attached hydrogen (secondary N) is 1. The van der Waals surface area contributed by atoms with E-state index >= 15 is 0 Å². The molecule has 1 aromatic heterocycles. The average molecular weight is 380 g/mol. The number of benzene rings is 1. The summed E-state index contributed by atoms with van der Waals surface area (Å²) in [6, 6.07) is 7.08. The summed E-state index contributed by atoms with van der Waals surface area (Å²) >= 11 is 4.21. The first-order valence-corrected chi connectivity index (χ1v) is 8.69. The molecule has 20 heavy (non-hydrogen) atoms. The van der Waals surface area contributed by atoms with Crippen LogP contribution in [0.25, 0.3) is 0 Å². The molecule has 4 nitrogen and oxygen atoms in total. The zero-order chi connectivity index (χ0) is 14.8. The number of thiophene rings is 1. The Morgan fingerprint density at radius 2 is 2.05 bits per heavy atom. The van der Waals surface area contributed by atoms with Crippen LogP contribution in [0.3, 0.4) is 0 Å². The van der Waals surface area contributed by atoms with E-state index in [0.717, 1.165) is 16.2 Å². The summed E-state index contributed by atoms with van der Waals surface area (Å²) in [6.45, 7) is -0.0479. The van der Waals surface area contributed by atoms with Crippen LogP contribution in [0, 0.1) is 5.82 Å². The van der Waals surface area contributed by atoms with Gasteiger partial charge in [0.25, 0.3) is 10.0 Å². The smallest absolute Gasteiger partial charge is 0.271 e. The molecular weight excluding hydrogens is 369 g/mol. The number of rotatable bonds is 5. The van der Waals surface area contributed by atoms with Crippen LogP contribution in [0.15, 0.2) is 39.0 Å². The Morgan fingerprint density at radius 3 is 2.75 bits per heavy atom. The van der Waals surface area contributed by atoms with Gasteiger partial charge in [0, 0.05) is 22.4 Å². The molecule has 0 unspecified atom stereocenters. The number of halogens is 2. The minimum absolute atomic E-state index is 0.0479. The third kappa shape index (κ3) is 3.57. The summed E-state index contributed by atoms with van der Waals surface area (Å²) in [5.74, 6) is -0.649. The molecule has 0 aliphatic carbocycles. The molecule has 1 heterocycles. The Bertz CT molecular complexity index is 715. The van der Waals surface area contributed by atoms with Crippen molar-refractivity contribution in [1.29, 1.82) is 0 Å². The SMILES string of the molecule is O=S(=O)(Nc1cc(Br)ccc1F)c1ccc(CCO)s1. The van der Waals surface area contributed by atoms with Crippen molar-refractivity contribution >= 4 is 43.0 Å². The quantitative estimate of drug-likeness (QED) is 0.838. The number of anilines is 1. The van der Waals surface area contributed by atoms with Gasteiger partial charge in [-0.05, 0) is 30.3 Å². The van der Waals surface area contributed by atoms with Gasteiger partial charge in [0.15, 0.2) is 0 Å². The molecule has 1 aromatic carbocycles. The normalized spacial score (nSPS) is 11.6. The summed E-state index contributed by atoms with van der Waals surface area (Å²) in [5, 5.41) is 8.82. The fraction of sp³-hybridized carbons (Fsp3) is 0.167. The molecule has 0 fully saturated rings. The standard InChI is InChI=1S/C12H11BrFNO3S2/c13-8-1-3-10(14)11(7-8)15-20(17,18)12-4-2-9(19-12)5-6-16/h1-4,7,15-16H,5-6H2. The lowest BCUT2D eigenvalue weighted by Gasteiger charge is -2.07. The van der Waals surface area contributed by atoms with Crippen molar-refractivity contribution in [2.75, 3.05) is 11.3 Å². The molecule has 0 saturated carbocycles. The summed E-state index contributed by atoms with van der Waals surface area (Å²) in [6.07, 6.45) is 0.394. The molecule has 0 saturated heterocycles. The van der Waals surface area contributed by atoms with Crippen molar-refractivity contribution in [1.82, 2.24) is 0 Å². The molecular formula is C12H11BrFNO3S2. The van der Waals surface area contributed by atoms with E-state index in [1.807, 2.05) is 0 Å². The molecule has 0 atom stereocenters. The highest BCUT2D eigenvalue weighted by molar-refractivity contribution is 9.10. The molecule has 8 heteroatoms. The predicted molar refractivity (Wildman–Crippen MR) is 80.0 cm³/mol. The number of aliphatic hydroxyl groups is 1. The van der Waals surface area contributed by atoms with Crippen LogP contribution in [0.2, 0.25) is 0 Å². The minimum Gasteiger partial charge on any atom is -0.396 e. The first-order chi connectivity index (χ1) is 9.42. The van der Waals surface area contributed by atoms with Crippen LogP contribution in [-0.4, -0.2) is 20.1 Å². The molecule has 0 aliphatic heterocycles. The van der Waals surface area contributed by atoms with Gasteiger partial charge in [0.2, 0.25) is 0 Å². The Labute approximate surface area is 128 Å². The minimum atomic E-state index is -3.82. The third-order valence-corrected chi connectivity index (χ3v) is 5.93. The largest absolute Gasteiger partial charge is 0.396 e. The van der Waals surface area contributed by atoms with Crippen LogP contribution in [-0.2, 0) is 16.4 Å². The van der Waals surface area contributed by atoms with Crippen molar-refractivity contribution in [3.8, 4) is 0 Å². The van der Waals surface area contributed by atoms with Crippen LogP contribution in [0.1, 0.15) is 4.88 Å². The Balaban J connectivity index is 2.28. The van der Waals surface area contributed by atoms with Crippen molar-refractivity contribution in [3.05, 3.63) is 45.5 Å². The van der Waals surface area contributed by atoms with Crippen LogP contribution < -0.4 is 4.72 Å². The fourth-order valence-electron chi connectivity index (χ4n) is 1.52. The van der Waals surface area contributed by atoms with Gasteiger partial charge in [-0.3, -0.25) is 4.72 Å². The number of hydrogen-bond acceptors (Lipinski definition) is 4. The maximum absolute atomic E-state index is 13.6. The molecule has 0 bridgehead atoms. The lowest BCUT2D eigenvalue weighted by atomic mass is 10.3. The average Bonchev–Trinajstić information content (AvgIpc) is 2.83. The highest BCUT2D eigenvalue weighted by atomic mass is 79.9. The van der Waals surface area contributed by atoms with Crippen molar-refractivity contribution in [2.45, 2.75) is 10.6 Å². The van der Waals surface area contributed by atoms with Gasteiger partial charge in [0.1, 0.15) is 10.0 Å². The summed E-state index contributed by atoms with van der Waals surface area (Å²) < 4.78 is 40.7. The second-order valence-corrected chi connectivity index (χ2v) is 7.92. The van der Waals surface area contributed by atoms with Crippen molar-refractivity contribution < 1.29 is 17.9 Å². The number of sulfonamides is 1. The lowest BCUT2D eigenvalue weighted by molar-refractivity contribution is 0.300. The van der Waals surface area contributed by atoms with E-state index in [4.69, 9.17) is 5.11 Å². The zero-order valence-electron chi connectivity index (χ0n) is 10.1. The Kier molecular flexibility index (Phi) is 4.79. The molecule has 108 valence electrons. The van der Waals surface area contributed by atoms with E-state index < -0.39 is 15.8 Å². The lowest BCUT2D eigenvalue weighted by Crippen LogP contribution is -2.12. The summed E-state index contributed by atoms with van der Waals surface area (Å²) in [7, 11) is -3.82.